The van der Waals surface area contributed by atoms with Crippen LogP contribution < -0.4 is 5.32 Å². The largest absolute Gasteiger partial charge is 0.354 e. The molecule has 4 nitrogen and oxygen atoms in total. The highest BCUT2D eigenvalue weighted by atomic mass is 79.9. The van der Waals surface area contributed by atoms with Crippen LogP contribution >= 0.6 is 27.7 Å². The fourth-order valence-electron chi connectivity index (χ4n) is 3.81. The lowest BCUT2D eigenvalue weighted by atomic mass is 10.0. The maximum Gasteiger partial charge on any atom is 0.243 e. The second kappa shape index (κ2) is 14.1. The van der Waals surface area contributed by atoms with Crippen LogP contribution in [0.5, 0.6) is 0 Å². The Balaban J connectivity index is 1.83. The van der Waals surface area contributed by atoms with Gasteiger partial charge in [-0.2, -0.15) is 0 Å². The van der Waals surface area contributed by atoms with E-state index in [9.17, 15) is 9.59 Å². The number of benzene rings is 3. The summed E-state index contributed by atoms with van der Waals surface area (Å²) in [6.45, 7) is 5.07. The standard InChI is InChI=1S/C29H33BrN2O2S/c1-3-17-31-29(34)27(18-23-10-5-4-6-11-23)32(19-25-12-8-7-9-22(25)2)28(33)21-35-20-24-13-15-26(30)16-14-24/h4-16,27H,3,17-21H2,1-2H3,(H,31,34)/t27-/m1/s1. The minimum atomic E-state index is -0.579. The first kappa shape index (κ1) is 27.0. The third-order valence-corrected chi connectivity index (χ3v) is 7.35. The van der Waals surface area contributed by atoms with Gasteiger partial charge in [0.15, 0.2) is 0 Å². The highest BCUT2D eigenvalue weighted by molar-refractivity contribution is 9.10. The van der Waals surface area contributed by atoms with Gasteiger partial charge >= 0.3 is 0 Å². The molecule has 184 valence electrons. The molecule has 3 rings (SSSR count). The number of thioether (sulfide) groups is 1. The van der Waals surface area contributed by atoms with Gasteiger partial charge in [-0.1, -0.05) is 89.6 Å². The zero-order chi connectivity index (χ0) is 25.0. The summed E-state index contributed by atoms with van der Waals surface area (Å²) in [5.41, 5.74) is 4.37. The van der Waals surface area contributed by atoms with Crippen LogP contribution in [0, 0.1) is 6.92 Å². The van der Waals surface area contributed by atoms with Gasteiger partial charge in [0.1, 0.15) is 6.04 Å². The number of carbonyl (C=O) groups is 2. The maximum atomic E-state index is 13.6. The Labute approximate surface area is 221 Å². The molecule has 3 aromatic carbocycles. The van der Waals surface area contributed by atoms with Gasteiger partial charge < -0.3 is 10.2 Å². The van der Waals surface area contributed by atoms with Crippen LogP contribution in [0.4, 0.5) is 0 Å². The number of nitrogens with one attached hydrogen (secondary N) is 1. The van der Waals surface area contributed by atoms with Crippen LogP contribution in [0.25, 0.3) is 0 Å². The Morgan fingerprint density at radius 1 is 0.943 bits per heavy atom. The first-order valence-corrected chi connectivity index (χ1v) is 13.9. The highest BCUT2D eigenvalue weighted by Gasteiger charge is 2.30. The van der Waals surface area contributed by atoms with Crippen LogP contribution in [-0.2, 0) is 28.3 Å². The van der Waals surface area contributed by atoms with Gasteiger partial charge in [-0.05, 0) is 47.7 Å². The number of carbonyl (C=O) groups excluding carboxylic acids is 2. The number of nitrogens with zero attached hydrogens (tertiary/aromatic N) is 1. The minimum Gasteiger partial charge on any atom is -0.354 e. The summed E-state index contributed by atoms with van der Waals surface area (Å²) < 4.78 is 1.04. The Morgan fingerprint density at radius 3 is 2.31 bits per heavy atom. The van der Waals surface area contributed by atoms with Crippen molar-refractivity contribution < 1.29 is 9.59 Å². The number of aryl methyl sites for hydroxylation is 1. The molecule has 0 heterocycles. The predicted molar refractivity (Wildman–Crippen MR) is 149 cm³/mol. The second-order valence-corrected chi connectivity index (χ2v) is 10.5. The summed E-state index contributed by atoms with van der Waals surface area (Å²) >= 11 is 5.04. The first-order valence-electron chi connectivity index (χ1n) is 12.0. The van der Waals surface area contributed by atoms with E-state index in [1.807, 2.05) is 80.6 Å². The molecule has 0 aliphatic heterocycles. The van der Waals surface area contributed by atoms with Crippen molar-refractivity contribution in [3.63, 3.8) is 0 Å². The maximum absolute atomic E-state index is 13.6. The molecular formula is C29H33BrN2O2S. The molecule has 0 fully saturated rings. The lowest BCUT2D eigenvalue weighted by molar-refractivity contribution is -0.139. The molecular weight excluding hydrogens is 520 g/mol. The van der Waals surface area contributed by atoms with E-state index >= 15 is 0 Å². The molecule has 0 saturated carbocycles. The van der Waals surface area contributed by atoms with Crippen molar-refractivity contribution in [2.75, 3.05) is 12.3 Å². The Bertz CT molecular complexity index is 1090. The fourth-order valence-corrected chi connectivity index (χ4v) is 4.95. The summed E-state index contributed by atoms with van der Waals surface area (Å²) in [7, 11) is 0. The number of hydrogen-bond acceptors (Lipinski definition) is 3. The number of hydrogen-bond donors (Lipinski definition) is 1. The van der Waals surface area contributed by atoms with Gasteiger partial charge in [-0.15, -0.1) is 11.8 Å². The smallest absolute Gasteiger partial charge is 0.243 e. The third-order valence-electron chi connectivity index (χ3n) is 5.83. The molecule has 0 aliphatic rings. The van der Waals surface area contributed by atoms with Crippen molar-refractivity contribution in [1.82, 2.24) is 10.2 Å². The van der Waals surface area contributed by atoms with Crippen molar-refractivity contribution in [3.8, 4) is 0 Å². The van der Waals surface area contributed by atoms with Gasteiger partial charge in [-0.3, -0.25) is 9.59 Å². The fraction of sp³-hybridized carbons (Fsp3) is 0.310. The van der Waals surface area contributed by atoms with E-state index in [4.69, 9.17) is 0 Å². The van der Waals surface area contributed by atoms with Gasteiger partial charge in [-0.25, -0.2) is 0 Å². The SMILES string of the molecule is CCCNC(=O)[C@@H](Cc1ccccc1)N(Cc1ccccc1C)C(=O)CSCc1ccc(Br)cc1. The third kappa shape index (κ3) is 8.55. The normalized spacial score (nSPS) is 11.6. The summed E-state index contributed by atoms with van der Waals surface area (Å²) in [5.74, 6) is 0.926. The van der Waals surface area contributed by atoms with Crippen LogP contribution in [0.15, 0.2) is 83.3 Å². The average molecular weight is 554 g/mol. The molecule has 6 heteroatoms. The van der Waals surface area contributed by atoms with Crippen LogP contribution in [0.1, 0.15) is 35.6 Å². The van der Waals surface area contributed by atoms with Crippen LogP contribution in [0.2, 0.25) is 0 Å². The van der Waals surface area contributed by atoms with E-state index in [0.29, 0.717) is 25.3 Å². The van der Waals surface area contributed by atoms with Gasteiger partial charge in [0, 0.05) is 29.7 Å². The topological polar surface area (TPSA) is 49.4 Å². The highest BCUT2D eigenvalue weighted by Crippen LogP contribution is 2.20. The summed E-state index contributed by atoms with van der Waals surface area (Å²) in [5, 5.41) is 3.03. The van der Waals surface area contributed by atoms with Crippen molar-refractivity contribution in [2.45, 2.75) is 45.0 Å². The lowest BCUT2D eigenvalue weighted by Gasteiger charge is -2.32. The molecule has 1 atom stereocenters. The van der Waals surface area contributed by atoms with E-state index < -0.39 is 6.04 Å². The van der Waals surface area contributed by atoms with E-state index in [-0.39, 0.29) is 11.8 Å². The monoisotopic (exact) mass is 552 g/mol. The molecule has 1 N–H and O–H groups in total. The molecule has 0 spiro atoms. The first-order chi connectivity index (χ1) is 17.0. The second-order valence-electron chi connectivity index (χ2n) is 8.56. The van der Waals surface area contributed by atoms with E-state index in [1.165, 1.54) is 0 Å². The molecule has 35 heavy (non-hydrogen) atoms. The summed E-state index contributed by atoms with van der Waals surface area (Å²) in [6, 6.07) is 25.5. The van der Waals surface area contributed by atoms with E-state index in [2.05, 4.69) is 33.4 Å². The van der Waals surface area contributed by atoms with Gasteiger partial charge in [0.2, 0.25) is 11.8 Å². The Morgan fingerprint density at radius 2 is 1.63 bits per heavy atom. The molecule has 2 amide bonds. The molecule has 0 aromatic heterocycles. The van der Waals surface area contributed by atoms with Crippen molar-refractivity contribution in [2.24, 2.45) is 0 Å². The number of halogens is 1. The minimum absolute atomic E-state index is 0.0251. The molecule has 3 aromatic rings. The average Bonchev–Trinajstić information content (AvgIpc) is 2.87. The van der Waals surface area contributed by atoms with Crippen LogP contribution in [-0.4, -0.2) is 35.1 Å². The quantitative estimate of drug-likeness (QED) is 0.293. The van der Waals surface area contributed by atoms with Crippen LogP contribution in [0.3, 0.4) is 0 Å². The molecule has 0 saturated heterocycles. The summed E-state index contributed by atoms with van der Waals surface area (Å²) in [6.07, 6.45) is 1.32. The van der Waals surface area contributed by atoms with E-state index in [0.717, 1.165) is 38.9 Å². The molecule has 0 aliphatic carbocycles. The van der Waals surface area contributed by atoms with Crippen molar-refractivity contribution in [3.05, 3.63) is 106 Å². The van der Waals surface area contributed by atoms with Gasteiger partial charge in [0.25, 0.3) is 0 Å². The van der Waals surface area contributed by atoms with Gasteiger partial charge in [0.05, 0.1) is 5.75 Å². The number of rotatable bonds is 12. The molecule has 0 unspecified atom stereocenters. The molecule has 0 radical (unpaired) electrons. The van der Waals surface area contributed by atoms with E-state index in [1.54, 1.807) is 16.7 Å². The Kier molecular flexibility index (Phi) is 10.9. The zero-order valence-corrected chi connectivity index (χ0v) is 22.8. The summed E-state index contributed by atoms with van der Waals surface area (Å²) in [4.78, 5) is 28.7. The lowest BCUT2D eigenvalue weighted by Crippen LogP contribution is -2.51. The number of amides is 2. The molecule has 0 bridgehead atoms. The van der Waals surface area contributed by atoms with Crippen molar-refractivity contribution >= 4 is 39.5 Å². The zero-order valence-electron chi connectivity index (χ0n) is 20.4. The Hall–Kier alpha value is -2.57. The van der Waals surface area contributed by atoms with Crippen molar-refractivity contribution in [1.29, 1.82) is 0 Å². The predicted octanol–water partition coefficient (Wildman–Crippen LogP) is 6.16.